The first-order chi connectivity index (χ1) is 9.10. The van der Waals surface area contributed by atoms with E-state index in [9.17, 15) is 4.79 Å². The molecule has 19 heavy (non-hydrogen) atoms. The summed E-state index contributed by atoms with van der Waals surface area (Å²) in [6.07, 6.45) is 4.29. The zero-order valence-electron chi connectivity index (χ0n) is 11.5. The Morgan fingerprint density at radius 1 is 1.21 bits per heavy atom. The maximum absolute atomic E-state index is 12.2. The minimum absolute atomic E-state index is 0.0575. The smallest absolute Gasteiger partial charge is 0.253 e. The second-order valence-electron chi connectivity index (χ2n) is 5.29. The SMILES string of the molecule is CNC1CCC(NC(=O)c2ccc(C)cc2Cl)CC1. The molecule has 1 fully saturated rings. The summed E-state index contributed by atoms with van der Waals surface area (Å²) in [5.41, 5.74) is 1.64. The fourth-order valence-corrected chi connectivity index (χ4v) is 2.91. The Hall–Kier alpha value is -1.06. The minimum Gasteiger partial charge on any atom is -0.349 e. The molecule has 0 heterocycles. The van der Waals surface area contributed by atoms with E-state index in [2.05, 4.69) is 10.6 Å². The summed E-state index contributed by atoms with van der Waals surface area (Å²) in [6.45, 7) is 1.96. The molecule has 1 aliphatic rings. The third kappa shape index (κ3) is 3.71. The predicted molar refractivity (Wildman–Crippen MR) is 78.8 cm³/mol. The Labute approximate surface area is 119 Å². The van der Waals surface area contributed by atoms with Crippen molar-refractivity contribution in [3.8, 4) is 0 Å². The fourth-order valence-electron chi connectivity index (χ4n) is 2.59. The van der Waals surface area contributed by atoms with Gasteiger partial charge in [-0.25, -0.2) is 0 Å². The number of nitrogens with one attached hydrogen (secondary N) is 2. The summed E-state index contributed by atoms with van der Waals surface area (Å²) in [7, 11) is 2.00. The van der Waals surface area contributed by atoms with Crippen LogP contribution in [0.15, 0.2) is 18.2 Å². The average Bonchev–Trinajstić information content (AvgIpc) is 2.39. The summed E-state index contributed by atoms with van der Waals surface area (Å²) in [5, 5.41) is 6.91. The molecule has 0 saturated heterocycles. The molecule has 1 aromatic carbocycles. The van der Waals surface area contributed by atoms with Crippen molar-refractivity contribution >= 4 is 17.5 Å². The molecule has 2 rings (SSSR count). The van der Waals surface area contributed by atoms with Gasteiger partial charge in [0.25, 0.3) is 5.91 Å². The monoisotopic (exact) mass is 280 g/mol. The molecule has 104 valence electrons. The number of carbonyl (C=O) groups excluding carboxylic acids is 1. The fraction of sp³-hybridized carbons (Fsp3) is 0.533. The molecule has 4 heteroatoms. The quantitative estimate of drug-likeness (QED) is 0.894. The summed E-state index contributed by atoms with van der Waals surface area (Å²) in [6, 6.07) is 6.41. The highest BCUT2D eigenvalue weighted by Crippen LogP contribution is 2.21. The molecule has 3 nitrogen and oxygen atoms in total. The van der Waals surface area contributed by atoms with E-state index in [1.54, 1.807) is 6.07 Å². The second-order valence-corrected chi connectivity index (χ2v) is 5.70. The molecule has 0 unspecified atom stereocenters. The molecule has 2 N–H and O–H groups in total. The van der Waals surface area contributed by atoms with Gasteiger partial charge >= 0.3 is 0 Å². The van der Waals surface area contributed by atoms with Crippen LogP contribution in [-0.2, 0) is 0 Å². The number of halogens is 1. The van der Waals surface area contributed by atoms with E-state index in [4.69, 9.17) is 11.6 Å². The number of hydrogen-bond donors (Lipinski definition) is 2. The number of benzene rings is 1. The average molecular weight is 281 g/mol. The van der Waals surface area contributed by atoms with Gasteiger partial charge in [0.05, 0.1) is 10.6 Å². The maximum atomic E-state index is 12.2. The molecular formula is C15H21ClN2O. The third-order valence-corrected chi connectivity index (χ3v) is 4.15. The van der Waals surface area contributed by atoms with Gasteiger partial charge < -0.3 is 10.6 Å². The van der Waals surface area contributed by atoms with Crippen molar-refractivity contribution in [1.29, 1.82) is 0 Å². The predicted octanol–water partition coefficient (Wildman–Crippen LogP) is 2.91. The van der Waals surface area contributed by atoms with Gasteiger partial charge in [-0.3, -0.25) is 4.79 Å². The van der Waals surface area contributed by atoms with E-state index in [0.717, 1.165) is 31.2 Å². The first-order valence-electron chi connectivity index (χ1n) is 6.84. The molecular weight excluding hydrogens is 260 g/mol. The Bertz CT molecular complexity index is 453. The highest BCUT2D eigenvalue weighted by molar-refractivity contribution is 6.33. The highest BCUT2D eigenvalue weighted by Gasteiger charge is 2.22. The summed E-state index contributed by atoms with van der Waals surface area (Å²) in [5.74, 6) is -0.0575. The van der Waals surface area contributed by atoms with E-state index < -0.39 is 0 Å². The molecule has 0 atom stereocenters. The van der Waals surface area contributed by atoms with Crippen LogP contribution in [0.3, 0.4) is 0 Å². The lowest BCUT2D eigenvalue weighted by Gasteiger charge is -2.28. The Morgan fingerprint density at radius 2 is 1.84 bits per heavy atom. The van der Waals surface area contributed by atoms with Crippen LogP contribution >= 0.6 is 11.6 Å². The number of carbonyl (C=O) groups is 1. The molecule has 1 amide bonds. The van der Waals surface area contributed by atoms with Crippen LogP contribution in [0.5, 0.6) is 0 Å². The van der Waals surface area contributed by atoms with Crippen molar-refractivity contribution in [2.24, 2.45) is 0 Å². The van der Waals surface area contributed by atoms with Crippen LogP contribution in [0, 0.1) is 6.92 Å². The maximum Gasteiger partial charge on any atom is 0.253 e. The standard InChI is InChI=1S/C15H21ClN2O/c1-10-3-8-13(14(16)9-10)15(19)18-12-6-4-11(17-2)5-7-12/h3,8-9,11-12,17H,4-7H2,1-2H3,(H,18,19). The molecule has 1 aliphatic carbocycles. The van der Waals surface area contributed by atoms with E-state index in [1.807, 2.05) is 26.1 Å². The van der Waals surface area contributed by atoms with Crippen molar-refractivity contribution in [3.05, 3.63) is 34.3 Å². The van der Waals surface area contributed by atoms with Gasteiger partial charge in [-0.05, 0) is 57.4 Å². The Kier molecular flexibility index (Phi) is 4.83. The van der Waals surface area contributed by atoms with Crippen molar-refractivity contribution < 1.29 is 4.79 Å². The van der Waals surface area contributed by atoms with Crippen LogP contribution in [0.1, 0.15) is 41.6 Å². The molecule has 0 radical (unpaired) electrons. The van der Waals surface area contributed by atoms with Crippen molar-refractivity contribution in [1.82, 2.24) is 10.6 Å². The van der Waals surface area contributed by atoms with E-state index in [0.29, 0.717) is 16.6 Å². The van der Waals surface area contributed by atoms with Crippen molar-refractivity contribution in [2.75, 3.05) is 7.05 Å². The lowest BCUT2D eigenvalue weighted by Crippen LogP contribution is -2.41. The highest BCUT2D eigenvalue weighted by atomic mass is 35.5. The van der Waals surface area contributed by atoms with Gasteiger partial charge in [-0.1, -0.05) is 17.7 Å². The lowest BCUT2D eigenvalue weighted by molar-refractivity contribution is 0.0925. The van der Waals surface area contributed by atoms with Crippen LogP contribution < -0.4 is 10.6 Å². The number of hydrogen-bond acceptors (Lipinski definition) is 2. The van der Waals surface area contributed by atoms with Gasteiger partial charge in [-0.2, -0.15) is 0 Å². The molecule has 0 aromatic heterocycles. The second kappa shape index (κ2) is 6.40. The zero-order valence-corrected chi connectivity index (χ0v) is 12.3. The van der Waals surface area contributed by atoms with Gasteiger partial charge in [0.1, 0.15) is 0 Å². The van der Waals surface area contributed by atoms with Crippen LogP contribution in [0.4, 0.5) is 0 Å². The number of aryl methyl sites for hydroxylation is 1. The molecule has 1 saturated carbocycles. The van der Waals surface area contributed by atoms with Gasteiger partial charge in [0, 0.05) is 12.1 Å². The van der Waals surface area contributed by atoms with Crippen LogP contribution in [-0.4, -0.2) is 25.0 Å². The van der Waals surface area contributed by atoms with Crippen molar-refractivity contribution in [2.45, 2.75) is 44.7 Å². The number of rotatable bonds is 3. The summed E-state index contributed by atoms with van der Waals surface area (Å²) >= 11 is 6.12. The molecule has 0 aliphatic heterocycles. The van der Waals surface area contributed by atoms with Gasteiger partial charge in [0.2, 0.25) is 0 Å². The Balaban J connectivity index is 1.94. The molecule has 0 spiro atoms. The van der Waals surface area contributed by atoms with Gasteiger partial charge in [0.15, 0.2) is 0 Å². The van der Waals surface area contributed by atoms with Gasteiger partial charge in [-0.15, -0.1) is 0 Å². The lowest BCUT2D eigenvalue weighted by atomic mass is 9.91. The van der Waals surface area contributed by atoms with E-state index in [-0.39, 0.29) is 11.9 Å². The summed E-state index contributed by atoms with van der Waals surface area (Å²) in [4.78, 5) is 12.2. The normalized spacial score (nSPS) is 23.1. The van der Waals surface area contributed by atoms with E-state index in [1.165, 1.54) is 0 Å². The first kappa shape index (κ1) is 14.4. The van der Waals surface area contributed by atoms with Crippen LogP contribution in [0.2, 0.25) is 5.02 Å². The first-order valence-corrected chi connectivity index (χ1v) is 7.22. The van der Waals surface area contributed by atoms with Crippen molar-refractivity contribution in [3.63, 3.8) is 0 Å². The topological polar surface area (TPSA) is 41.1 Å². The van der Waals surface area contributed by atoms with E-state index >= 15 is 0 Å². The number of amides is 1. The largest absolute Gasteiger partial charge is 0.349 e. The molecule has 1 aromatic rings. The van der Waals surface area contributed by atoms with Crippen LogP contribution in [0.25, 0.3) is 0 Å². The minimum atomic E-state index is -0.0575. The molecule has 0 bridgehead atoms. The Morgan fingerprint density at radius 3 is 2.42 bits per heavy atom. The third-order valence-electron chi connectivity index (χ3n) is 3.84. The zero-order chi connectivity index (χ0) is 13.8. The summed E-state index contributed by atoms with van der Waals surface area (Å²) < 4.78 is 0.